The van der Waals surface area contributed by atoms with Gasteiger partial charge in [0, 0.05) is 19.0 Å². The molecule has 3 rings (SSSR count). The Hall–Kier alpha value is -3.02. The van der Waals surface area contributed by atoms with E-state index in [0.717, 1.165) is 42.7 Å². The average molecular weight is 453 g/mol. The highest BCUT2D eigenvalue weighted by Crippen LogP contribution is 2.20. The molecular weight excluding hydrogens is 416 g/mol. The highest BCUT2D eigenvalue weighted by molar-refractivity contribution is 5.87. The lowest BCUT2D eigenvalue weighted by atomic mass is 9.95. The van der Waals surface area contributed by atoms with Crippen molar-refractivity contribution < 1.29 is 19.1 Å². The summed E-state index contributed by atoms with van der Waals surface area (Å²) in [6.45, 7) is 2.62. The molecule has 0 bridgehead atoms. The Bertz CT molecular complexity index is 881. The second-order valence-electron chi connectivity index (χ2n) is 8.66. The van der Waals surface area contributed by atoms with Crippen LogP contribution in [-0.2, 0) is 16.1 Å². The van der Waals surface area contributed by atoms with Crippen LogP contribution in [0.4, 0.5) is 0 Å². The normalized spacial score (nSPS) is 14.8. The molecule has 1 aliphatic carbocycles. The van der Waals surface area contributed by atoms with Crippen molar-refractivity contribution in [1.82, 2.24) is 10.2 Å². The molecule has 0 unspecified atom stereocenters. The highest BCUT2D eigenvalue weighted by atomic mass is 16.5. The van der Waals surface area contributed by atoms with Crippen LogP contribution < -0.4 is 14.8 Å². The molecular formula is C27H36N2O4. The van der Waals surface area contributed by atoms with E-state index in [-0.39, 0.29) is 17.9 Å². The summed E-state index contributed by atoms with van der Waals surface area (Å²) in [5.74, 6) is 1.38. The van der Waals surface area contributed by atoms with Gasteiger partial charge in [0.15, 0.2) is 0 Å². The van der Waals surface area contributed by atoms with Crippen molar-refractivity contribution in [3.63, 3.8) is 0 Å². The Morgan fingerprint density at radius 3 is 2.48 bits per heavy atom. The number of rotatable bonds is 11. The van der Waals surface area contributed by atoms with Gasteiger partial charge in [0.1, 0.15) is 17.5 Å². The number of hydrogen-bond donors (Lipinski definition) is 1. The quantitative estimate of drug-likeness (QED) is 0.501. The first kappa shape index (κ1) is 24.6. The first-order valence-corrected chi connectivity index (χ1v) is 12.0. The third kappa shape index (κ3) is 7.81. The van der Waals surface area contributed by atoms with Crippen molar-refractivity contribution in [1.29, 1.82) is 0 Å². The van der Waals surface area contributed by atoms with Gasteiger partial charge in [0.2, 0.25) is 11.8 Å². The monoisotopic (exact) mass is 452 g/mol. The summed E-state index contributed by atoms with van der Waals surface area (Å²) in [5, 5.41) is 3.17. The largest absolute Gasteiger partial charge is 0.497 e. The second kappa shape index (κ2) is 12.9. The molecule has 1 aliphatic rings. The fourth-order valence-corrected chi connectivity index (χ4v) is 4.19. The molecule has 0 spiro atoms. The van der Waals surface area contributed by atoms with Gasteiger partial charge < -0.3 is 19.7 Å². The molecule has 0 aromatic heterocycles. The highest BCUT2D eigenvalue weighted by Gasteiger charge is 2.28. The summed E-state index contributed by atoms with van der Waals surface area (Å²) in [6, 6.07) is 16.9. The maximum Gasteiger partial charge on any atom is 0.242 e. The zero-order valence-corrected chi connectivity index (χ0v) is 19.8. The number of benzene rings is 2. The fourth-order valence-electron chi connectivity index (χ4n) is 4.19. The van der Waals surface area contributed by atoms with E-state index in [0.29, 0.717) is 26.0 Å². The van der Waals surface area contributed by atoms with Crippen LogP contribution in [0.5, 0.6) is 11.5 Å². The third-order valence-corrected chi connectivity index (χ3v) is 6.15. The van der Waals surface area contributed by atoms with Crippen LogP contribution in [0.15, 0.2) is 54.6 Å². The molecule has 1 fully saturated rings. The molecule has 0 aliphatic heterocycles. The van der Waals surface area contributed by atoms with Gasteiger partial charge in [-0.3, -0.25) is 9.59 Å². The van der Waals surface area contributed by atoms with Crippen LogP contribution in [0.3, 0.4) is 0 Å². The maximum atomic E-state index is 13.2. The Morgan fingerprint density at radius 1 is 1.03 bits per heavy atom. The van der Waals surface area contributed by atoms with Crippen molar-refractivity contribution in [2.75, 3.05) is 13.7 Å². The zero-order chi connectivity index (χ0) is 23.5. The minimum Gasteiger partial charge on any atom is -0.497 e. The van der Waals surface area contributed by atoms with Gasteiger partial charge >= 0.3 is 0 Å². The zero-order valence-electron chi connectivity index (χ0n) is 19.8. The average Bonchev–Trinajstić information content (AvgIpc) is 2.86. The third-order valence-electron chi connectivity index (χ3n) is 6.15. The molecule has 1 atom stereocenters. The predicted molar refractivity (Wildman–Crippen MR) is 129 cm³/mol. The lowest BCUT2D eigenvalue weighted by Crippen LogP contribution is -2.50. The van der Waals surface area contributed by atoms with Crippen LogP contribution in [0.25, 0.3) is 0 Å². The smallest absolute Gasteiger partial charge is 0.242 e. The number of hydrogen-bond acceptors (Lipinski definition) is 4. The van der Waals surface area contributed by atoms with Crippen LogP contribution in [0.1, 0.15) is 57.4 Å². The molecule has 6 heteroatoms. The van der Waals surface area contributed by atoms with E-state index in [1.807, 2.05) is 61.5 Å². The van der Waals surface area contributed by atoms with Crippen molar-refractivity contribution >= 4 is 11.8 Å². The van der Waals surface area contributed by atoms with Gasteiger partial charge in [-0.15, -0.1) is 0 Å². The first-order chi connectivity index (χ1) is 16.1. The molecule has 2 aromatic rings. The van der Waals surface area contributed by atoms with Gasteiger partial charge in [0.05, 0.1) is 13.7 Å². The molecule has 1 N–H and O–H groups in total. The Morgan fingerprint density at radius 2 is 1.76 bits per heavy atom. The number of carbonyl (C=O) groups is 2. The number of nitrogens with one attached hydrogen (secondary N) is 1. The van der Waals surface area contributed by atoms with Crippen LogP contribution >= 0.6 is 0 Å². The van der Waals surface area contributed by atoms with Gasteiger partial charge in [-0.25, -0.2) is 0 Å². The summed E-state index contributed by atoms with van der Waals surface area (Å²) in [7, 11) is 1.62. The lowest BCUT2D eigenvalue weighted by Gasteiger charge is -2.31. The molecule has 2 amide bonds. The minimum absolute atomic E-state index is 0.0548. The molecule has 33 heavy (non-hydrogen) atoms. The molecule has 178 valence electrons. The van der Waals surface area contributed by atoms with E-state index < -0.39 is 6.04 Å². The predicted octanol–water partition coefficient (Wildman–Crippen LogP) is 4.72. The van der Waals surface area contributed by atoms with Crippen molar-refractivity contribution in [2.45, 2.75) is 70.5 Å². The van der Waals surface area contributed by atoms with Crippen LogP contribution in [-0.4, -0.2) is 42.5 Å². The van der Waals surface area contributed by atoms with E-state index in [4.69, 9.17) is 9.47 Å². The van der Waals surface area contributed by atoms with E-state index in [2.05, 4.69) is 5.32 Å². The molecule has 1 saturated carbocycles. The Balaban J connectivity index is 1.62. The molecule has 6 nitrogen and oxygen atoms in total. The minimum atomic E-state index is -0.555. The number of methoxy groups -OCH3 is 1. The topological polar surface area (TPSA) is 67.9 Å². The van der Waals surface area contributed by atoms with E-state index in [9.17, 15) is 9.59 Å². The fraction of sp³-hybridized carbons (Fsp3) is 0.481. The SMILES string of the molecule is COc1cccc(CN(C(=O)CCCOc2ccccc2)[C@@H](C)C(=O)NC2CCCCC2)c1. The number of ether oxygens (including phenoxy) is 2. The number of carbonyl (C=O) groups excluding carboxylic acids is 2. The van der Waals surface area contributed by atoms with Crippen molar-refractivity contribution in [2.24, 2.45) is 0 Å². The number of amides is 2. The summed E-state index contributed by atoms with van der Waals surface area (Å²) in [6.07, 6.45) is 6.45. The van der Waals surface area contributed by atoms with E-state index >= 15 is 0 Å². The van der Waals surface area contributed by atoms with Gasteiger partial charge in [-0.1, -0.05) is 49.6 Å². The molecule has 0 heterocycles. The maximum absolute atomic E-state index is 13.2. The van der Waals surface area contributed by atoms with Gasteiger partial charge in [0.25, 0.3) is 0 Å². The number of nitrogens with zero attached hydrogens (tertiary/aromatic N) is 1. The van der Waals surface area contributed by atoms with Crippen LogP contribution in [0.2, 0.25) is 0 Å². The van der Waals surface area contributed by atoms with Gasteiger partial charge in [-0.2, -0.15) is 0 Å². The molecule has 0 saturated heterocycles. The van der Waals surface area contributed by atoms with Crippen molar-refractivity contribution in [3.05, 3.63) is 60.2 Å². The van der Waals surface area contributed by atoms with Crippen LogP contribution in [0, 0.1) is 0 Å². The van der Waals surface area contributed by atoms with E-state index in [1.165, 1.54) is 6.42 Å². The second-order valence-corrected chi connectivity index (χ2v) is 8.66. The molecule has 0 radical (unpaired) electrons. The summed E-state index contributed by atoms with van der Waals surface area (Å²) in [4.78, 5) is 27.9. The number of para-hydroxylation sites is 1. The van der Waals surface area contributed by atoms with E-state index in [1.54, 1.807) is 12.0 Å². The lowest BCUT2D eigenvalue weighted by molar-refractivity contribution is -0.141. The standard InChI is InChI=1S/C27H36N2O4/c1-21(27(31)28-23-12-5-3-6-13-23)29(20-22-11-9-16-25(19-22)32-2)26(30)17-10-18-33-24-14-7-4-8-15-24/h4,7-9,11,14-16,19,21,23H,3,5-6,10,12-13,17-18,20H2,1-2H3,(H,28,31)/t21-/m0/s1. The van der Waals surface area contributed by atoms with Crippen molar-refractivity contribution in [3.8, 4) is 11.5 Å². The van der Waals surface area contributed by atoms with Gasteiger partial charge in [-0.05, 0) is 56.0 Å². The Kier molecular flexibility index (Phi) is 9.60. The first-order valence-electron chi connectivity index (χ1n) is 12.0. The summed E-state index contributed by atoms with van der Waals surface area (Å²) in [5.41, 5.74) is 0.931. The Labute approximate surface area is 197 Å². The summed E-state index contributed by atoms with van der Waals surface area (Å²) >= 11 is 0. The molecule has 2 aromatic carbocycles. The summed E-state index contributed by atoms with van der Waals surface area (Å²) < 4.78 is 11.1.